The molecule has 0 unspecified atom stereocenters. The number of rotatable bonds is 12. The number of sulfonamides is 1. The number of halogens is 2. The second-order valence-corrected chi connectivity index (χ2v) is 12.7. The molecule has 39 heavy (non-hydrogen) atoms. The Kier molecular flexibility index (Phi) is 11.0. The standard InChI is InChI=1S/C29H33BrClN3O4S/c1-4-21(2)32-29(36)27(17-22-10-6-5-7-11-22)33(19-23-12-8-14-25(31)16-23)28(35)20-34(39(3,37)38)26-15-9-13-24(30)18-26/h5-16,18,21,27H,4,17,19-20H2,1-3H3,(H,32,36)/t21-,27-/m1/s1. The van der Waals surface area contributed by atoms with E-state index in [4.69, 9.17) is 11.6 Å². The Labute approximate surface area is 244 Å². The highest BCUT2D eigenvalue weighted by atomic mass is 79.9. The fraction of sp³-hybridized carbons (Fsp3) is 0.310. The molecule has 0 saturated carbocycles. The van der Waals surface area contributed by atoms with Crippen LogP contribution in [0.25, 0.3) is 0 Å². The highest BCUT2D eigenvalue weighted by Crippen LogP contribution is 2.24. The van der Waals surface area contributed by atoms with Crippen LogP contribution in [0.5, 0.6) is 0 Å². The van der Waals surface area contributed by atoms with Crippen LogP contribution < -0.4 is 9.62 Å². The first-order valence-corrected chi connectivity index (χ1v) is 15.6. The molecule has 10 heteroatoms. The van der Waals surface area contributed by atoms with E-state index in [1.54, 1.807) is 42.5 Å². The van der Waals surface area contributed by atoms with Crippen molar-refractivity contribution in [1.82, 2.24) is 10.2 Å². The van der Waals surface area contributed by atoms with Gasteiger partial charge in [0, 0.05) is 28.5 Å². The first-order valence-electron chi connectivity index (χ1n) is 12.6. The number of benzene rings is 3. The lowest BCUT2D eigenvalue weighted by Gasteiger charge is -2.34. The predicted molar refractivity (Wildman–Crippen MR) is 160 cm³/mol. The Hall–Kier alpha value is -2.88. The van der Waals surface area contributed by atoms with E-state index in [0.717, 1.165) is 28.1 Å². The van der Waals surface area contributed by atoms with Gasteiger partial charge >= 0.3 is 0 Å². The van der Waals surface area contributed by atoms with Gasteiger partial charge in [-0.1, -0.05) is 83.0 Å². The molecule has 0 radical (unpaired) electrons. The van der Waals surface area contributed by atoms with Gasteiger partial charge in [0.05, 0.1) is 11.9 Å². The van der Waals surface area contributed by atoms with Gasteiger partial charge in [-0.2, -0.15) is 0 Å². The van der Waals surface area contributed by atoms with Gasteiger partial charge in [-0.25, -0.2) is 8.42 Å². The normalized spacial score (nSPS) is 12.8. The molecule has 0 bridgehead atoms. The summed E-state index contributed by atoms with van der Waals surface area (Å²) in [5.74, 6) is -0.822. The third-order valence-electron chi connectivity index (χ3n) is 6.29. The molecule has 0 aliphatic heterocycles. The molecular formula is C29H33BrClN3O4S. The second-order valence-electron chi connectivity index (χ2n) is 9.42. The molecule has 0 heterocycles. The van der Waals surface area contributed by atoms with Gasteiger partial charge in [-0.15, -0.1) is 0 Å². The van der Waals surface area contributed by atoms with Crippen molar-refractivity contribution < 1.29 is 18.0 Å². The fourth-order valence-corrected chi connectivity index (χ4v) is 5.51. The Morgan fingerprint density at radius 3 is 2.26 bits per heavy atom. The van der Waals surface area contributed by atoms with E-state index >= 15 is 0 Å². The van der Waals surface area contributed by atoms with Crippen LogP contribution in [0.2, 0.25) is 5.02 Å². The molecular weight excluding hydrogens is 602 g/mol. The van der Waals surface area contributed by atoms with Crippen molar-refractivity contribution in [3.05, 3.63) is 99.5 Å². The van der Waals surface area contributed by atoms with Gasteiger partial charge in [0.2, 0.25) is 21.8 Å². The van der Waals surface area contributed by atoms with Gasteiger partial charge < -0.3 is 10.2 Å². The number of carbonyl (C=O) groups excluding carboxylic acids is 2. The molecule has 0 aromatic heterocycles. The van der Waals surface area contributed by atoms with Crippen LogP contribution in [0.1, 0.15) is 31.4 Å². The van der Waals surface area contributed by atoms with Gasteiger partial charge in [0.1, 0.15) is 12.6 Å². The summed E-state index contributed by atoms with van der Waals surface area (Å²) in [5, 5.41) is 3.50. The molecule has 2 amide bonds. The van der Waals surface area contributed by atoms with E-state index in [2.05, 4.69) is 21.2 Å². The Morgan fingerprint density at radius 1 is 0.974 bits per heavy atom. The highest BCUT2D eigenvalue weighted by Gasteiger charge is 2.33. The molecule has 1 N–H and O–H groups in total. The molecule has 3 rings (SSSR count). The zero-order valence-electron chi connectivity index (χ0n) is 22.2. The van der Waals surface area contributed by atoms with Crippen molar-refractivity contribution in [2.24, 2.45) is 0 Å². The molecule has 0 saturated heterocycles. The molecule has 3 aromatic rings. The van der Waals surface area contributed by atoms with Crippen LogP contribution >= 0.6 is 27.5 Å². The van der Waals surface area contributed by atoms with Crippen LogP contribution in [0, 0.1) is 0 Å². The van der Waals surface area contributed by atoms with Crippen molar-refractivity contribution in [2.75, 3.05) is 17.1 Å². The number of amides is 2. The highest BCUT2D eigenvalue weighted by molar-refractivity contribution is 9.10. The van der Waals surface area contributed by atoms with Gasteiger partial charge in [-0.05, 0) is 54.8 Å². The summed E-state index contributed by atoms with van der Waals surface area (Å²) in [4.78, 5) is 29.1. The second kappa shape index (κ2) is 14.0. The number of hydrogen-bond acceptors (Lipinski definition) is 4. The molecule has 2 atom stereocenters. The lowest BCUT2D eigenvalue weighted by atomic mass is 10.0. The molecule has 7 nitrogen and oxygen atoms in total. The number of nitrogens with zero attached hydrogens (tertiary/aromatic N) is 2. The minimum atomic E-state index is -3.83. The summed E-state index contributed by atoms with van der Waals surface area (Å²) in [5.41, 5.74) is 1.93. The Morgan fingerprint density at radius 2 is 1.64 bits per heavy atom. The van der Waals surface area contributed by atoms with E-state index in [0.29, 0.717) is 15.2 Å². The topological polar surface area (TPSA) is 86.8 Å². The zero-order valence-corrected chi connectivity index (χ0v) is 25.3. The van der Waals surface area contributed by atoms with Crippen molar-refractivity contribution >= 4 is 55.1 Å². The minimum absolute atomic E-state index is 0.0703. The van der Waals surface area contributed by atoms with Crippen LogP contribution in [-0.2, 0) is 32.6 Å². The monoisotopic (exact) mass is 633 g/mol. The number of hydrogen-bond donors (Lipinski definition) is 1. The van der Waals surface area contributed by atoms with E-state index in [-0.39, 0.29) is 24.9 Å². The maximum atomic E-state index is 14.0. The lowest BCUT2D eigenvalue weighted by molar-refractivity contribution is -0.140. The molecule has 0 aliphatic rings. The number of carbonyl (C=O) groups is 2. The van der Waals surface area contributed by atoms with Crippen LogP contribution in [0.4, 0.5) is 5.69 Å². The SMILES string of the molecule is CC[C@@H](C)NC(=O)[C@@H](Cc1ccccc1)N(Cc1cccc(Cl)c1)C(=O)CN(c1cccc(Br)c1)S(C)(=O)=O. The van der Waals surface area contributed by atoms with E-state index in [9.17, 15) is 18.0 Å². The smallest absolute Gasteiger partial charge is 0.244 e. The zero-order chi connectivity index (χ0) is 28.6. The maximum Gasteiger partial charge on any atom is 0.244 e. The summed E-state index contributed by atoms with van der Waals surface area (Å²) in [6.07, 6.45) is 2.03. The summed E-state index contributed by atoms with van der Waals surface area (Å²) < 4.78 is 27.4. The summed E-state index contributed by atoms with van der Waals surface area (Å²) >= 11 is 9.60. The van der Waals surface area contributed by atoms with E-state index in [1.807, 2.05) is 50.2 Å². The number of nitrogens with one attached hydrogen (secondary N) is 1. The van der Waals surface area contributed by atoms with Crippen molar-refractivity contribution in [3.8, 4) is 0 Å². The average molecular weight is 635 g/mol. The summed E-state index contributed by atoms with van der Waals surface area (Å²) in [6.45, 7) is 3.46. The third-order valence-corrected chi connectivity index (χ3v) is 8.16. The quantitative estimate of drug-likeness (QED) is 0.288. The maximum absolute atomic E-state index is 14.0. The first kappa shape index (κ1) is 30.7. The van der Waals surface area contributed by atoms with Gasteiger partial charge in [-0.3, -0.25) is 13.9 Å². The summed E-state index contributed by atoms with van der Waals surface area (Å²) in [7, 11) is -3.83. The number of anilines is 1. The lowest BCUT2D eigenvalue weighted by Crippen LogP contribution is -2.54. The first-order chi connectivity index (χ1) is 18.5. The van der Waals surface area contributed by atoms with E-state index in [1.165, 1.54) is 4.90 Å². The Bertz CT molecular complexity index is 1390. The van der Waals surface area contributed by atoms with Crippen LogP contribution in [-0.4, -0.2) is 50.0 Å². The third kappa shape index (κ3) is 9.08. The Balaban J connectivity index is 2.06. The van der Waals surface area contributed by atoms with Gasteiger partial charge in [0.15, 0.2) is 0 Å². The average Bonchev–Trinajstić information content (AvgIpc) is 2.89. The van der Waals surface area contributed by atoms with Crippen molar-refractivity contribution in [2.45, 2.75) is 45.3 Å². The molecule has 0 spiro atoms. The molecule has 3 aromatic carbocycles. The van der Waals surface area contributed by atoms with Crippen LogP contribution in [0.15, 0.2) is 83.3 Å². The van der Waals surface area contributed by atoms with Crippen molar-refractivity contribution in [1.29, 1.82) is 0 Å². The fourth-order valence-electron chi connectivity index (χ4n) is 4.07. The van der Waals surface area contributed by atoms with Crippen molar-refractivity contribution in [3.63, 3.8) is 0 Å². The minimum Gasteiger partial charge on any atom is -0.352 e. The van der Waals surface area contributed by atoms with Gasteiger partial charge in [0.25, 0.3) is 0 Å². The summed E-state index contributed by atoms with van der Waals surface area (Å²) in [6, 6.07) is 22.2. The predicted octanol–water partition coefficient (Wildman–Crippen LogP) is 5.42. The molecule has 0 fully saturated rings. The molecule has 208 valence electrons. The van der Waals surface area contributed by atoms with Crippen LogP contribution in [0.3, 0.4) is 0 Å². The largest absolute Gasteiger partial charge is 0.352 e. The molecule has 0 aliphatic carbocycles. The van der Waals surface area contributed by atoms with E-state index < -0.39 is 28.5 Å².